The Hall–Kier alpha value is -0.290. The Morgan fingerprint density at radius 3 is 2.69 bits per heavy atom. The van der Waals surface area contributed by atoms with Gasteiger partial charge < -0.3 is 5.32 Å². The van der Waals surface area contributed by atoms with Crippen LogP contribution in [0.3, 0.4) is 0 Å². The van der Waals surface area contributed by atoms with Crippen molar-refractivity contribution in [1.29, 1.82) is 0 Å². The molecular formula is C8H15F3N2. The summed E-state index contributed by atoms with van der Waals surface area (Å²) in [6, 6.07) is 0.243. The molecule has 0 bridgehead atoms. The number of likely N-dealkylation sites (tertiary alicyclic amines) is 1. The third kappa shape index (κ3) is 3.95. The van der Waals surface area contributed by atoms with Crippen LogP contribution < -0.4 is 5.32 Å². The fraction of sp³-hybridized carbons (Fsp3) is 1.00. The van der Waals surface area contributed by atoms with Crippen molar-refractivity contribution < 1.29 is 13.2 Å². The first-order valence-electron chi connectivity index (χ1n) is 4.54. The predicted molar refractivity (Wildman–Crippen MR) is 44.6 cm³/mol. The Balaban J connectivity index is 2.25. The van der Waals surface area contributed by atoms with E-state index < -0.39 is 12.7 Å². The fourth-order valence-electron chi connectivity index (χ4n) is 1.69. The van der Waals surface area contributed by atoms with Crippen molar-refractivity contribution in [3.63, 3.8) is 0 Å². The summed E-state index contributed by atoms with van der Waals surface area (Å²) >= 11 is 0. The molecule has 1 fully saturated rings. The van der Waals surface area contributed by atoms with Gasteiger partial charge in [0.15, 0.2) is 0 Å². The molecule has 78 valence electrons. The van der Waals surface area contributed by atoms with Crippen LogP contribution in [0.5, 0.6) is 0 Å². The molecule has 1 rings (SSSR count). The molecule has 0 aromatic heterocycles. The summed E-state index contributed by atoms with van der Waals surface area (Å²) in [5.74, 6) is 0. The Labute approximate surface area is 76.1 Å². The van der Waals surface area contributed by atoms with Crippen LogP contribution >= 0.6 is 0 Å². The third-order valence-electron chi connectivity index (χ3n) is 2.17. The van der Waals surface area contributed by atoms with Crippen molar-refractivity contribution >= 4 is 0 Å². The molecule has 1 aliphatic heterocycles. The average Bonchev–Trinajstić information content (AvgIpc) is 2.33. The van der Waals surface area contributed by atoms with Crippen molar-refractivity contribution in [2.24, 2.45) is 0 Å². The van der Waals surface area contributed by atoms with E-state index in [0.29, 0.717) is 13.1 Å². The quantitative estimate of drug-likeness (QED) is 0.730. The van der Waals surface area contributed by atoms with E-state index >= 15 is 0 Å². The summed E-state index contributed by atoms with van der Waals surface area (Å²) in [6.45, 7) is 3.09. The fourth-order valence-corrected chi connectivity index (χ4v) is 1.69. The Morgan fingerprint density at radius 2 is 2.15 bits per heavy atom. The molecule has 1 saturated heterocycles. The van der Waals surface area contributed by atoms with Gasteiger partial charge >= 0.3 is 6.18 Å². The molecule has 0 aromatic rings. The predicted octanol–water partition coefficient (Wildman–Crippen LogP) is 1.23. The summed E-state index contributed by atoms with van der Waals surface area (Å²) in [5, 5.41) is 3.15. The minimum atomic E-state index is -4.05. The lowest BCUT2D eigenvalue weighted by Crippen LogP contribution is -2.36. The minimum absolute atomic E-state index is 0.243. The van der Waals surface area contributed by atoms with Crippen LogP contribution in [0.2, 0.25) is 0 Å². The monoisotopic (exact) mass is 196 g/mol. The Kier molecular flexibility index (Phi) is 3.55. The van der Waals surface area contributed by atoms with Crippen LogP contribution in [0, 0.1) is 0 Å². The molecule has 0 aliphatic carbocycles. The number of hydrogen-bond donors (Lipinski definition) is 1. The highest BCUT2D eigenvalue weighted by molar-refractivity contribution is 4.81. The van der Waals surface area contributed by atoms with E-state index in [9.17, 15) is 13.2 Å². The van der Waals surface area contributed by atoms with Crippen molar-refractivity contribution in [2.75, 3.05) is 26.2 Å². The molecule has 0 saturated carbocycles. The van der Waals surface area contributed by atoms with Gasteiger partial charge in [0.2, 0.25) is 0 Å². The highest BCUT2D eigenvalue weighted by Gasteiger charge is 2.33. The van der Waals surface area contributed by atoms with Gasteiger partial charge in [0.05, 0.1) is 6.54 Å². The van der Waals surface area contributed by atoms with E-state index in [1.807, 2.05) is 6.92 Å². The Morgan fingerprint density at radius 1 is 1.46 bits per heavy atom. The van der Waals surface area contributed by atoms with E-state index in [1.165, 1.54) is 4.90 Å². The van der Waals surface area contributed by atoms with Gasteiger partial charge in [-0.25, -0.2) is 0 Å². The molecule has 1 N–H and O–H groups in total. The Bertz CT molecular complexity index is 158. The molecule has 0 aromatic carbocycles. The van der Waals surface area contributed by atoms with Gasteiger partial charge in [0.25, 0.3) is 0 Å². The summed E-state index contributed by atoms with van der Waals surface area (Å²) in [5.41, 5.74) is 0. The number of alkyl halides is 3. The van der Waals surface area contributed by atoms with E-state index in [4.69, 9.17) is 0 Å². The zero-order valence-corrected chi connectivity index (χ0v) is 7.69. The SMILES string of the molecule is CCN[C@H]1CCN(CC(F)(F)F)C1. The molecule has 1 aliphatic rings. The smallest absolute Gasteiger partial charge is 0.313 e. The molecule has 5 heteroatoms. The lowest BCUT2D eigenvalue weighted by molar-refractivity contribution is -0.143. The van der Waals surface area contributed by atoms with Gasteiger partial charge in [-0.2, -0.15) is 13.2 Å². The van der Waals surface area contributed by atoms with Gasteiger partial charge in [-0.3, -0.25) is 4.90 Å². The molecule has 0 unspecified atom stereocenters. The summed E-state index contributed by atoms with van der Waals surface area (Å²) in [6.07, 6.45) is -3.23. The zero-order chi connectivity index (χ0) is 9.90. The van der Waals surface area contributed by atoms with Gasteiger partial charge in [-0.05, 0) is 13.0 Å². The van der Waals surface area contributed by atoms with Crippen LogP contribution in [0.25, 0.3) is 0 Å². The van der Waals surface area contributed by atoms with Crippen LogP contribution in [-0.2, 0) is 0 Å². The van der Waals surface area contributed by atoms with Crippen molar-refractivity contribution in [1.82, 2.24) is 10.2 Å². The van der Waals surface area contributed by atoms with Crippen LogP contribution in [-0.4, -0.2) is 43.3 Å². The number of nitrogens with one attached hydrogen (secondary N) is 1. The van der Waals surface area contributed by atoms with Crippen molar-refractivity contribution in [3.05, 3.63) is 0 Å². The van der Waals surface area contributed by atoms with Crippen molar-refractivity contribution in [3.8, 4) is 0 Å². The second-order valence-electron chi connectivity index (χ2n) is 3.39. The molecule has 1 heterocycles. The lowest BCUT2D eigenvalue weighted by atomic mass is 10.3. The second kappa shape index (κ2) is 4.28. The summed E-state index contributed by atoms with van der Waals surface area (Å²) in [4.78, 5) is 1.45. The number of rotatable bonds is 3. The highest BCUT2D eigenvalue weighted by Crippen LogP contribution is 2.19. The summed E-state index contributed by atoms with van der Waals surface area (Å²) < 4.78 is 35.9. The van der Waals surface area contributed by atoms with Gasteiger partial charge in [0.1, 0.15) is 0 Å². The molecule has 2 nitrogen and oxygen atoms in total. The maximum absolute atomic E-state index is 12.0. The van der Waals surface area contributed by atoms with E-state index in [-0.39, 0.29) is 6.04 Å². The number of nitrogens with zero attached hydrogens (tertiary/aromatic N) is 1. The number of halogens is 3. The maximum Gasteiger partial charge on any atom is 0.401 e. The highest BCUT2D eigenvalue weighted by atomic mass is 19.4. The average molecular weight is 196 g/mol. The molecule has 1 atom stereocenters. The molecule has 0 spiro atoms. The minimum Gasteiger partial charge on any atom is -0.313 e. The first-order valence-corrected chi connectivity index (χ1v) is 4.54. The number of hydrogen-bond acceptors (Lipinski definition) is 2. The number of likely N-dealkylation sites (N-methyl/N-ethyl adjacent to an activating group) is 1. The van der Waals surface area contributed by atoms with Crippen LogP contribution in [0.4, 0.5) is 13.2 Å². The van der Waals surface area contributed by atoms with Gasteiger partial charge in [-0.15, -0.1) is 0 Å². The van der Waals surface area contributed by atoms with Crippen LogP contribution in [0.1, 0.15) is 13.3 Å². The molecule has 0 amide bonds. The van der Waals surface area contributed by atoms with Gasteiger partial charge in [0, 0.05) is 19.1 Å². The topological polar surface area (TPSA) is 15.3 Å². The normalized spacial score (nSPS) is 25.4. The van der Waals surface area contributed by atoms with E-state index in [0.717, 1.165) is 13.0 Å². The standard InChI is InChI=1S/C8H15F3N2/c1-2-12-7-3-4-13(5-7)6-8(9,10)11/h7,12H,2-6H2,1H3/t7-/m0/s1. The largest absolute Gasteiger partial charge is 0.401 e. The first kappa shape index (κ1) is 10.8. The lowest BCUT2D eigenvalue weighted by Gasteiger charge is -2.17. The van der Waals surface area contributed by atoms with Crippen molar-refractivity contribution in [2.45, 2.75) is 25.6 Å². The van der Waals surface area contributed by atoms with Gasteiger partial charge in [-0.1, -0.05) is 6.92 Å². The van der Waals surface area contributed by atoms with E-state index in [2.05, 4.69) is 5.32 Å². The maximum atomic E-state index is 12.0. The molecule has 13 heavy (non-hydrogen) atoms. The second-order valence-corrected chi connectivity index (χ2v) is 3.39. The third-order valence-corrected chi connectivity index (χ3v) is 2.17. The molecular weight excluding hydrogens is 181 g/mol. The molecule has 0 radical (unpaired) electrons. The first-order chi connectivity index (χ1) is 6.01. The van der Waals surface area contributed by atoms with Crippen LogP contribution in [0.15, 0.2) is 0 Å². The van der Waals surface area contributed by atoms with E-state index in [1.54, 1.807) is 0 Å². The summed E-state index contributed by atoms with van der Waals surface area (Å²) in [7, 11) is 0. The zero-order valence-electron chi connectivity index (χ0n) is 7.69.